The van der Waals surface area contributed by atoms with E-state index in [-0.39, 0.29) is 0 Å². The number of para-hydroxylation sites is 4. The first-order chi connectivity index (χ1) is 34.5. The molecule has 2 atom stereocenters. The largest absolute Gasteiger partial charge is 0.478 e. The number of hydrogen-bond acceptors (Lipinski definition) is 14. The minimum absolute atomic E-state index is 0.487. The standard InChI is InChI=1S/2C19H29N3O2.3C4H4O4/c2*1-21-10-5-6-16(9-13-23-2)19(21)20-17-7-3-4-8-18(17)22-11-14-24-15-12-22;3*5-3(6)1-2-4(7)8/h2*3-4,7-8,16H,5-6,9-15H2,1-2H3;3*1-2H,(H,5,6)(H,7,8)/b;;3*2-1+. The zero-order valence-corrected chi connectivity index (χ0v) is 41.4. The maximum absolute atomic E-state index is 9.55. The van der Waals surface area contributed by atoms with Gasteiger partial charge in [0.2, 0.25) is 0 Å². The van der Waals surface area contributed by atoms with Crippen LogP contribution in [0.5, 0.6) is 0 Å². The van der Waals surface area contributed by atoms with Crippen LogP contribution in [0.25, 0.3) is 0 Å². The molecule has 4 heterocycles. The lowest BCUT2D eigenvalue weighted by atomic mass is 9.93. The predicted octanol–water partition coefficient (Wildman–Crippen LogP) is 5.00. The van der Waals surface area contributed by atoms with Gasteiger partial charge in [-0.2, -0.15) is 0 Å². The summed E-state index contributed by atoms with van der Waals surface area (Å²) in [4.78, 5) is 77.0. The molecular weight excluding hydrogens is 941 g/mol. The molecule has 0 aliphatic carbocycles. The molecule has 0 amide bonds. The maximum atomic E-state index is 9.55. The van der Waals surface area contributed by atoms with Crippen LogP contribution in [0.2, 0.25) is 0 Å². The summed E-state index contributed by atoms with van der Waals surface area (Å²) >= 11 is 0. The molecule has 4 aliphatic heterocycles. The summed E-state index contributed by atoms with van der Waals surface area (Å²) in [5, 5.41) is 46.9. The minimum atomic E-state index is -1.26. The fraction of sp³-hybridized carbons (Fsp3) is 0.480. The zero-order valence-electron chi connectivity index (χ0n) is 41.4. The second-order valence-corrected chi connectivity index (χ2v) is 16.2. The van der Waals surface area contributed by atoms with Crippen LogP contribution in [0.15, 0.2) is 95.0 Å². The minimum Gasteiger partial charge on any atom is -0.478 e. The molecule has 0 radical (unpaired) electrons. The molecule has 0 saturated carbocycles. The third kappa shape index (κ3) is 25.1. The van der Waals surface area contributed by atoms with E-state index in [0.717, 1.165) is 103 Å². The average molecular weight is 1010 g/mol. The number of methoxy groups -OCH3 is 2. The first-order valence-electron chi connectivity index (χ1n) is 23.3. The molecule has 2 unspecified atom stereocenters. The van der Waals surface area contributed by atoms with E-state index in [1.807, 2.05) is 0 Å². The number of aliphatic carboxylic acids is 6. The Balaban J connectivity index is 0.000000343. The predicted molar refractivity (Wildman–Crippen MR) is 270 cm³/mol. The van der Waals surface area contributed by atoms with Gasteiger partial charge in [0, 0.05) is 129 Å². The number of amidine groups is 2. The van der Waals surface area contributed by atoms with Gasteiger partial charge in [0.05, 0.1) is 49.2 Å². The topological polar surface area (TPSA) is 298 Å². The van der Waals surface area contributed by atoms with Crippen molar-refractivity contribution >= 4 is 70.2 Å². The van der Waals surface area contributed by atoms with E-state index < -0.39 is 35.8 Å². The number of piperidine rings is 2. The molecule has 72 heavy (non-hydrogen) atoms. The maximum Gasteiger partial charge on any atom is 0.328 e. The Labute approximate surface area is 419 Å². The van der Waals surface area contributed by atoms with Gasteiger partial charge in [0.15, 0.2) is 0 Å². The van der Waals surface area contributed by atoms with Crippen molar-refractivity contribution in [2.75, 3.05) is 117 Å². The number of carboxylic acids is 6. The van der Waals surface area contributed by atoms with E-state index in [0.29, 0.717) is 48.3 Å². The number of carboxylic acid groups (broad SMARTS) is 6. The Morgan fingerprint density at radius 1 is 0.514 bits per heavy atom. The lowest BCUT2D eigenvalue weighted by Gasteiger charge is -2.34. The SMILES string of the molecule is COCCC1CCCN(C)C1=Nc1ccccc1N1CCOCC1.COCCC1CCCN(C)C1=Nc1ccccc1N1CCOCC1.O=C(O)/C=C/C(=O)O.O=C(O)/C=C/C(=O)O.O=C(O)/C=C/C(=O)O. The van der Waals surface area contributed by atoms with Crippen LogP contribution in [-0.4, -0.2) is 195 Å². The number of rotatable bonds is 16. The van der Waals surface area contributed by atoms with E-state index in [4.69, 9.17) is 59.6 Å². The van der Waals surface area contributed by atoms with Crippen molar-refractivity contribution in [2.24, 2.45) is 21.8 Å². The van der Waals surface area contributed by atoms with Crippen molar-refractivity contribution in [1.82, 2.24) is 9.80 Å². The highest BCUT2D eigenvalue weighted by molar-refractivity contribution is 5.92. The van der Waals surface area contributed by atoms with Crippen LogP contribution in [-0.2, 0) is 47.7 Å². The molecule has 4 aliphatic rings. The molecule has 6 N–H and O–H groups in total. The summed E-state index contributed by atoms with van der Waals surface area (Å²) < 4.78 is 21.6. The highest BCUT2D eigenvalue weighted by Crippen LogP contribution is 2.33. The first kappa shape index (κ1) is 61.0. The summed E-state index contributed by atoms with van der Waals surface area (Å²) in [6.07, 6.45) is 10.3. The number of benzene rings is 2. The number of likely N-dealkylation sites (tertiary alicyclic amines) is 2. The van der Waals surface area contributed by atoms with Crippen LogP contribution in [0, 0.1) is 11.8 Å². The molecule has 2 aromatic rings. The third-order valence-corrected chi connectivity index (χ3v) is 11.0. The molecule has 4 saturated heterocycles. The molecule has 2 aromatic carbocycles. The van der Waals surface area contributed by atoms with Crippen molar-refractivity contribution in [3.05, 3.63) is 85.0 Å². The summed E-state index contributed by atoms with van der Waals surface area (Å²) in [7, 11) is 7.87. The summed E-state index contributed by atoms with van der Waals surface area (Å²) in [6.45, 7) is 10.7. The number of hydrogen-bond donors (Lipinski definition) is 6. The van der Waals surface area contributed by atoms with Crippen LogP contribution in [0.3, 0.4) is 0 Å². The van der Waals surface area contributed by atoms with Crippen molar-refractivity contribution in [1.29, 1.82) is 0 Å². The van der Waals surface area contributed by atoms with E-state index >= 15 is 0 Å². The molecule has 4 fully saturated rings. The second-order valence-electron chi connectivity index (χ2n) is 16.2. The van der Waals surface area contributed by atoms with Gasteiger partial charge in [-0.15, -0.1) is 0 Å². The quantitative estimate of drug-likeness (QED) is 0.121. The molecule has 396 valence electrons. The van der Waals surface area contributed by atoms with Gasteiger partial charge in [-0.3, -0.25) is 0 Å². The molecule has 22 nitrogen and oxygen atoms in total. The van der Waals surface area contributed by atoms with Crippen molar-refractivity contribution in [3.63, 3.8) is 0 Å². The first-order valence-corrected chi connectivity index (χ1v) is 23.3. The lowest BCUT2D eigenvalue weighted by molar-refractivity contribution is -0.134. The van der Waals surface area contributed by atoms with Crippen LogP contribution in [0.1, 0.15) is 38.5 Å². The van der Waals surface area contributed by atoms with Crippen LogP contribution in [0.4, 0.5) is 22.7 Å². The Kier molecular flexibility index (Phi) is 29.7. The second kappa shape index (κ2) is 35.0. The summed E-state index contributed by atoms with van der Waals surface area (Å²) in [6, 6.07) is 17.0. The lowest BCUT2D eigenvalue weighted by Crippen LogP contribution is -2.39. The zero-order chi connectivity index (χ0) is 53.3. The van der Waals surface area contributed by atoms with Crippen molar-refractivity contribution < 1.29 is 78.4 Å². The van der Waals surface area contributed by atoms with Gasteiger partial charge in [0.25, 0.3) is 0 Å². The number of nitrogens with zero attached hydrogens (tertiary/aromatic N) is 6. The smallest absolute Gasteiger partial charge is 0.328 e. The Bertz CT molecular complexity index is 1940. The van der Waals surface area contributed by atoms with Gasteiger partial charge in [-0.1, -0.05) is 24.3 Å². The van der Waals surface area contributed by atoms with Gasteiger partial charge in [0.1, 0.15) is 11.7 Å². The van der Waals surface area contributed by atoms with E-state index in [2.05, 4.69) is 82.2 Å². The Hall–Kier alpha value is -7.14. The summed E-state index contributed by atoms with van der Waals surface area (Å²) in [5.41, 5.74) is 4.59. The number of carbonyl (C=O) groups is 6. The third-order valence-electron chi connectivity index (χ3n) is 11.0. The number of anilines is 2. The number of aliphatic imine (C=N–C) groups is 2. The number of morpholine rings is 2. The average Bonchev–Trinajstić information content (AvgIpc) is 3.36. The fourth-order valence-corrected chi connectivity index (χ4v) is 7.62. The van der Waals surface area contributed by atoms with Gasteiger partial charge in [-0.05, 0) is 62.8 Å². The summed E-state index contributed by atoms with van der Waals surface area (Å²) in [5.74, 6) is -4.15. The monoisotopic (exact) mass is 1010 g/mol. The van der Waals surface area contributed by atoms with Crippen molar-refractivity contribution in [3.8, 4) is 0 Å². The Morgan fingerprint density at radius 3 is 1.08 bits per heavy atom. The van der Waals surface area contributed by atoms with Crippen molar-refractivity contribution in [2.45, 2.75) is 38.5 Å². The fourth-order valence-electron chi connectivity index (χ4n) is 7.62. The molecule has 0 bridgehead atoms. The normalized spacial score (nSPS) is 19.0. The molecule has 0 aromatic heterocycles. The molecule has 22 heteroatoms. The number of ether oxygens (including phenoxy) is 4. The molecule has 0 spiro atoms. The van der Waals surface area contributed by atoms with Gasteiger partial charge < -0.3 is 69.2 Å². The van der Waals surface area contributed by atoms with Crippen LogP contribution < -0.4 is 9.80 Å². The van der Waals surface area contributed by atoms with Gasteiger partial charge in [-0.25, -0.2) is 38.8 Å². The highest BCUT2D eigenvalue weighted by atomic mass is 16.5. The molecule has 6 rings (SSSR count). The van der Waals surface area contributed by atoms with Gasteiger partial charge >= 0.3 is 35.8 Å². The highest BCUT2D eigenvalue weighted by Gasteiger charge is 2.27. The van der Waals surface area contributed by atoms with E-state index in [9.17, 15) is 28.8 Å². The van der Waals surface area contributed by atoms with Crippen LogP contribution >= 0.6 is 0 Å². The molecular formula is C50H70N6O16. The van der Waals surface area contributed by atoms with E-state index in [1.54, 1.807) is 14.2 Å². The van der Waals surface area contributed by atoms with E-state index in [1.165, 1.54) is 48.7 Å². The Morgan fingerprint density at radius 2 is 0.806 bits per heavy atom.